The zero-order valence-corrected chi connectivity index (χ0v) is 12.6. The molecule has 0 bridgehead atoms. The Balaban J connectivity index is 1.66. The van der Waals surface area contributed by atoms with Crippen LogP contribution in [-0.4, -0.2) is 19.1 Å². The van der Waals surface area contributed by atoms with Crippen molar-refractivity contribution in [2.45, 2.75) is 19.8 Å². The van der Waals surface area contributed by atoms with Gasteiger partial charge < -0.3 is 10.1 Å². The molecule has 0 atom stereocenters. The van der Waals surface area contributed by atoms with E-state index in [4.69, 9.17) is 4.74 Å². The van der Waals surface area contributed by atoms with Crippen LogP contribution in [0.2, 0.25) is 0 Å². The van der Waals surface area contributed by atoms with Gasteiger partial charge in [-0.15, -0.1) is 0 Å². The molecule has 0 radical (unpaired) electrons. The van der Waals surface area contributed by atoms with Crippen molar-refractivity contribution >= 4 is 5.91 Å². The highest BCUT2D eigenvalue weighted by molar-refractivity contribution is 5.76. The lowest BCUT2D eigenvalue weighted by Gasteiger charge is -2.09. The van der Waals surface area contributed by atoms with E-state index in [1.165, 1.54) is 6.07 Å². The third-order valence-electron chi connectivity index (χ3n) is 3.35. The van der Waals surface area contributed by atoms with E-state index in [1.54, 1.807) is 18.2 Å². The molecule has 2 aromatic carbocycles. The molecule has 116 valence electrons. The average molecular weight is 301 g/mol. The minimum atomic E-state index is -0.266. The minimum absolute atomic E-state index is 0.100. The Morgan fingerprint density at radius 3 is 2.64 bits per heavy atom. The molecule has 0 aromatic heterocycles. The molecule has 0 heterocycles. The molecule has 2 rings (SSSR count). The van der Waals surface area contributed by atoms with Gasteiger partial charge in [-0.1, -0.05) is 36.4 Å². The molecule has 0 unspecified atom stereocenters. The van der Waals surface area contributed by atoms with Crippen molar-refractivity contribution in [3.05, 3.63) is 65.5 Å². The largest absolute Gasteiger partial charge is 0.491 e. The second-order valence-electron chi connectivity index (χ2n) is 5.06. The predicted octanol–water partition coefficient (Wildman–Crippen LogP) is 3.26. The summed E-state index contributed by atoms with van der Waals surface area (Å²) in [6.45, 7) is 2.82. The van der Waals surface area contributed by atoms with Crippen LogP contribution in [0.4, 0.5) is 4.39 Å². The Kier molecular flexibility index (Phi) is 5.95. The van der Waals surface area contributed by atoms with E-state index in [-0.39, 0.29) is 18.1 Å². The molecule has 1 amide bonds. The molecular weight excluding hydrogens is 281 g/mol. The summed E-state index contributed by atoms with van der Waals surface area (Å²) in [6.07, 6.45) is 0.669. The van der Waals surface area contributed by atoms with E-state index < -0.39 is 0 Å². The molecule has 0 aliphatic carbocycles. The second kappa shape index (κ2) is 8.17. The van der Waals surface area contributed by atoms with Crippen molar-refractivity contribution in [2.24, 2.45) is 0 Å². The molecule has 0 fully saturated rings. The number of hydrogen-bond acceptors (Lipinski definition) is 2. The smallest absolute Gasteiger partial charge is 0.220 e. The van der Waals surface area contributed by atoms with Crippen molar-refractivity contribution in [2.75, 3.05) is 13.2 Å². The summed E-state index contributed by atoms with van der Waals surface area (Å²) in [6, 6.07) is 14.3. The number of aryl methyl sites for hydroxylation is 2. The monoisotopic (exact) mass is 301 g/mol. The van der Waals surface area contributed by atoms with E-state index in [1.807, 2.05) is 31.2 Å². The van der Waals surface area contributed by atoms with Crippen molar-refractivity contribution in [3.8, 4) is 5.75 Å². The maximum Gasteiger partial charge on any atom is 0.220 e. The van der Waals surface area contributed by atoms with Gasteiger partial charge in [0, 0.05) is 6.42 Å². The Labute approximate surface area is 130 Å². The third kappa shape index (κ3) is 4.88. The molecular formula is C18H20FNO2. The van der Waals surface area contributed by atoms with Crippen LogP contribution in [-0.2, 0) is 11.2 Å². The van der Waals surface area contributed by atoms with Crippen LogP contribution in [0.1, 0.15) is 17.5 Å². The third-order valence-corrected chi connectivity index (χ3v) is 3.35. The lowest BCUT2D eigenvalue weighted by Crippen LogP contribution is -2.28. The summed E-state index contributed by atoms with van der Waals surface area (Å²) in [5.74, 6) is 0.456. The number of rotatable bonds is 7. The summed E-state index contributed by atoms with van der Waals surface area (Å²) in [5, 5.41) is 2.78. The average Bonchev–Trinajstić information content (AvgIpc) is 2.52. The lowest BCUT2D eigenvalue weighted by molar-refractivity contribution is -0.121. The lowest BCUT2D eigenvalue weighted by atomic mass is 10.1. The van der Waals surface area contributed by atoms with Crippen molar-refractivity contribution < 1.29 is 13.9 Å². The Bertz CT molecular complexity index is 628. The van der Waals surface area contributed by atoms with E-state index in [2.05, 4.69) is 5.32 Å². The van der Waals surface area contributed by atoms with Gasteiger partial charge in [-0.3, -0.25) is 4.79 Å². The van der Waals surface area contributed by atoms with Gasteiger partial charge >= 0.3 is 0 Å². The van der Waals surface area contributed by atoms with E-state index >= 15 is 0 Å². The van der Waals surface area contributed by atoms with Gasteiger partial charge in [0.1, 0.15) is 18.2 Å². The number of nitrogens with one attached hydrogen (secondary N) is 1. The molecule has 2 aromatic rings. The van der Waals surface area contributed by atoms with Gasteiger partial charge in [0.25, 0.3) is 0 Å². The summed E-state index contributed by atoms with van der Waals surface area (Å²) >= 11 is 0. The molecule has 22 heavy (non-hydrogen) atoms. The minimum Gasteiger partial charge on any atom is -0.491 e. The maximum absolute atomic E-state index is 13.4. The summed E-state index contributed by atoms with van der Waals surface area (Å²) in [4.78, 5) is 11.7. The van der Waals surface area contributed by atoms with Crippen LogP contribution in [0.15, 0.2) is 48.5 Å². The number of halogens is 1. The standard InChI is InChI=1S/C18H20FNO2/c1-14-6-2-5-9-17(14)22-13-12-20-18(21)11-10-15-7-3-4-8-16(15)19/h2-9H,10-13H2,1H3,(H,20,21). The first-order valence-electron chi connectivity index (χ1n) is 7.35. The molecule has 0 saturated carbocycles. The van der Waals surface area contributed by atoms with Crippen LogP contribution in [0.3, 0.4) is 0 Å². The number of benzene rings is 2. The van der Waals surface area contributed by atoms with Gasteiger partial charge in [-0.2, -0.15) is 0 Å². The molecule has 0 spiro atoms. The van der Waals surface area contributed by atoms with E-state index in [0.29, 0.717) is 25.1 Å². The zero-order valence-electron chi connectivity index (χ0n) is 12.6. The highest BCUT2D eigenvalue weighted by Crippen LogP contribution is 2.15. The van der Waals surface area contributed by atoms with Crippen molar-refractivity contribution in [3.63, 3.8) is 0 Å². The Hall–Kier alpha value is -2.36. The summed E-state index contributed by atoms with van der Waals surface area (Å²) < 4.78 is 19.0. The number of amides is 1. The normalized spacial score (nSPS) is 10.3. The van der Waals surface area contributed by atoms with Gasteiger partial charge in [0.05, 0.1) is 6.54 Å². The Morgan fingerprint density at radius 2 is 1.86 bits per heavy atom. The molecule has 4 heteroatoms. The van der Waals surface area contributed by atoms with Crippen LogP contribution < -0.4 is 10.1 Å². The van der Waals surface area contributed by atoms with Crippen molar-refractivity contribution in [1.82, 2.24) is 5.32 Å². The fourth-order valence-corrected chi connectivity index (χ4v) is 2.11. The number of carbonyl (C=O) groups excluding carboxylic acids is 1. The highest BCUT2D eigenvalue weighted by atomic mass is 19.1. The van der Waals surface area contributed by atoms with Crippen LogP contribution in [0, 0.1) is 12.7 Å². The number of carbonyl (C=O) groups is 1. The van der Waals surface area contributed by atoms with E-state index in [9.17, 15) is 9.18 Å². The van der Waals surface area contributed by atoms with Crippen LogP contribution in [0.25, 0.3) is 0 Å². The number of hydrogen-bond donors (Lipinski definition) is 1. The van der Waals surface area contributed by atoms with Gasteiger partial charge in [0.15, 0.2) is 0 Å². The van der Waals surface area contributed by atoms with Gasteiger partial charge in [0.2, 0.25) is 5.91 Å². The topological polar surface area (TPSA) is 38.3 Å². The molecule has 0 aliphatic heterocycles. The molecule has 3 nitrogen and oxygen atoms in total. The summed E-state index contributed by atoms with van der Waals surface area (Å²) in [5.41, 5.74) is 1.63. The van der Waals surface area contributed by atoms with Crippen molar-refractivity contribution in [1.29, 1.82) is 0 Å². The zero-order chi connectivity index (χ0) is 15.8. The first-order chi connectivity index (χ1) is 10.7. The van der Waals surface area contributed by atoms with Gasteiger partial charge in [-0.25, -0.2) is 4.39 Å². The summed E-state index contributed by atoms with van der Waals surface area (Å²) in [7, 11) is 0. The van der Waals surface area contributed by atoms with Gasteiger partial charge in [-0.05, 0) is 36.6 Å². The van der Waals surface area contributed by atoms with Crippen LogP contribution >= 0.6 is 0 Å². The number of ether oxygens (including phenoxy) is 1. The maximum atomic E-state index is 13.4. The molecule has 1 N–H and O–H groups in total. The number of para-hydroxylation sites is 1. The van der Waals surface area contributed by atoms with E-state index in [0.717, 1.165) is 11.3 Å². The first-order valence-corrected chi connectivity index (χ1v) is 7.35. The first kappa shape index (κ1) is 16.0. The fraction of sp³-hybridized carbons (Fsp3) is 0.278. The van der Waals surface area contributed by atoms with Crippen LogP contribution in [0.5, 0.6) is 5.75 Å². The Morgan fingerprint density at radius 1 is 1.14 bits per heavy atom. The second-order valence-corrected chi connectivity index (χ2v) is 5.06. The molecule has 0 saturated heterocycles. The highest BCUT2D eigenvalue weighted by Gasteiger charge is 2.05. The SMILES string of the molecule is Cc1ccccc1OCCNC(=O)CCc1ccccc1F. The quantitative estimate of drug-likeness (QED) is 0.797. The predicted molar refractivity (Wildman–Crippen MR) is 84.4 cm³/mol. The fourth-order valence-electron chi connectivity index (χ4n) is 2.11. The molecule has 0 aliphatic rings.